The summed E-state index contributed by atoms with van der Waals surface area (Å²) < 4.78 is 1.32. The second kappa shape index (κ2) is 7.66. The van der Waals surface area contributed by atoms with Crippen molar-refractivity contribution in [3.63, 3.8) is 0 Å². The Hall–Kier alpha value is -3.03. The number of anilines is 2. The zero-order valence-electron chi connectivity index (χ0n) is 16.2. The molecule has 9 heteroatoms. The summed E-state index contributed by atoms with van der Waals surface area (Å²) in [5.74, 6) is -0.375. The molecule has 0 fully saturated rings. The van der Waals surface area contributed by atoms with Gasteiger partial charge in [-0.05, 0) is 37.3 Å². The van der Waals surface area contributed by atoms with E-state index in [9.17, 15) is 14.4 Å². The predicted molar refractivity (Wildman–Crippen MR) is 117 cm³/mol. The number of nitrogens with zero attached hydrogens (tertiary/aromatic N) is 2. The molecule has 0 saturated carbocycles. The summed E-state index contributed by atoms with van der Waals surface area (Å²) >= 11 is 12.4. The summed E-state index contributed by atoms with van der Waals surface area (Å²) in [6.45, 7) is 3.21. The Labute approximate surface area is 182 Å². The maximum atomic E-state index is 13.2. The van der Waals surface area contributed by atoms with E-state index in [4.69, 9.17) is 23.2 Å². The molecule has 2 amide bonds. The monoisotopic (exact) mass is 444 g/mol. The van der Waals surface area contributed by atoms with Crippen LogP contribution in [-0.2, 0) is 16.0 Å². The minimum Gasteiger partial charge on any atom is -0.326 e. The molecular weight excluding hydrogens is 427 g/mol. The van der Waals surface area contributed by atoms with E-state index >= 15 is 0 Å². The number of hydrogen-bond acceptors (Lipinski definition) is 3. The predicted octanol–water partition coefficient (Wildman–Crippen LogP) is 4.08. The van der Waals surface area contributed by atoms with Crippen molar-refractivity contribution < 1.29 is 9.59 Å². The van der Waals surface area contributed by atoms with E-state index in [1.165, 1.54) is 11.6 Å². The van der Waals surface area contributed by atoms with Gasteiger partial charge in [0.1, 0.15) is 0 Å². The Morgan fingerprint density at radius 2 is 1.90 bits per heavy atom. The third kappa shape index (κ3) is 3.40. The van der Waals surface area contributed by atoms with Crippen LogP contribution in [0.3, 0.4) is 0 Å². The van der Waals surface area contributed by atoms with Crippen LogP contribution in [0, 0.1) is 0 Å². The van der Waals surface area contributed by atoms with Crippen molar-refractivity contribution in [2.24, 2.45) is 0 Å². The van der Waals surface area contributed by atoms with Crippen LogP contribution in [0.1, 0.15) is 31.1 Å². The molecule has 0 aliphatic carbocycles. The van der Waals surface area contributed by atoms with Gasteiger partial charge in [-0.2, -0.15) is 0 Å². The van der Waals surface area contributed by atoms with Crippen molar-refractivity contribution in [3.05, 3.63) is 74.1 Å². The molecule has 1 unspecified atom stereocenters. The average Bonchev–Trinajstić information content (AvgIpc) is 3.00. The first-order valence-electron chi connectivity index (χ1n) is 9.26. The van der Waals surface area contributed by atoms with Crippen molar-refractivity contribution in [2.75, 3.05) is 10.2 Å². The van der Waals surface area contributed by atoms with Gasteiger partial charge in [0, 0.05) is 18.3 Å². The quantitative estimate of drug-likeness (QED) is 0.637. The van der Waals surface area contributed by atoms with Crippen molar-refractivity contribution in [1.82, 2.24) is 9.78 Å². The van der Waals surface area contributed by atoms with Crippen LogP contribution in [0.4, 0.5) is 11.4 Å². The Morgan fingerprint density at radius 1 is 1.17 bits per heavy atom. The minimum atomic E-state index is -0.517. The fourth-order valence-corrected chi connectivity index (χ4v) is 4.16. The van der Waals surface area contributed by atoms with Crippen molar-refractivity contribution in [2.45, 2.75) is 26.3 Å². The van der Waals surface area contributed by atoms with Crippen molar-refractivity contribution >= 4 is 46.4 Å². The van der Waals surface area contributed by atoms with Gasteiger partial charge in [0.25, 0.3) is 5.56 Å². The molecule has 1 aliphatic heterocycles. The largest absolute Gasteiger partial charge is 0.326 e. The molecule has 0 bridgehead atoms. The first-order valence-corrected chi connectivity index (χ1v) is 10.0. The lowest BCUT2D eigenvalue weighted by Gasteiger charge is -2.32. The topological polar surface area (TPSA) is 87.2 Å². The highest BCUT2D eigenvalue weighted by Gasteiger charge is 2.35. The zero-order valence-corrected chi connectivity index (χ0v) is 17.7. The lowest BCUT2D eigenvalue weighted by atomic mass is 9.99. The molecule has 4 rings (SSSR count). The number of carbonyl (C=O) groups excluding carboxylic acids is 2. The normalized spacial score (nSPS) is 15.8. The summed E-state index contributed by atoms with van der Waals surface area (Å²) in [6.07, 6.45) is 0.0322. The van der Waals surface area contributed by atoms with Crippen LogP contribution in [0.2, 0.25) is 10.0 Å². The first-order chi connectivity index (χ1) is 14.3. The minimum absolute atomic E-state index is 0.0322. The molecule has 7 nitrogen and oxygen atoms in total. The molecule has 1 aliphatic rings. The number of aromatic amines is 1. The van der Waals surface area contributed by atoms with Crippen molar-refractivity contribution in [3.8, 4) is 5.69 Å². The molecule has 1 aromatic heterocycles. The lowest BCUT2D eigenvalue weighted by Crippen LogP contribution is -2.41. The number of carbonyl (C=O) groups is 2. The van der Waals surface area contributed by atoms with E-state index in [1.54, 1.807) is 54.3 Å². The van der Waals surface area contributed by atoms with Gasteiger partial charge in [-0.25, -0.2) is 4.68 Å². The van der Waals surface area contributed by atoms with Crippen molar-refractivity contribution in [1.29, 1.82) is 0 Å². The summed E-state index contributed by atoms with van der Waals surface area (Å²) in [4.78, 5) is 39.1. The lowest BCUT2D eigenvalue weighted by molar-refractivity contribution is -0.119. The number of amides is 2. The molecule has 0 saturated heterocycles. The zero-order chi connectivity index (χ0) is 21.6. The number of aromatic nitrogens is 2. The van der Waals surface area contributed by atoms with E-state index in [0.29, 0.717) is 33.3 Å². The van der Waals surface area contributed by atoms with Gasteiger partial charge in [0.15, 0.2) is 0 Å². The van der Waals surface area contributed by atoms with Gasteiger partial charge in [0.2, 0.25) is 11.8 Å². The highest BCUT2D eigenvalue weighted by atomic mass is 35.5. The molecule has 154 valence electrons. The van der Waals surface area contributed by atoms with Crippen LogP contribution >= 0.6 is 23.2 Å². The van der Waals surface area contributed by atoms with Gasteiger partial charge in [-0.15, -0.1) is 0 Å². The molecule has 2 N–H and O–H groups in total. The smallest absolute Gasteiger partial charge is 0.276 e. The SMILES string of the molecule is CC(=O)Nc1cccc(N2C(=O)Cc3[nH]n(-c4cccc(Cl)c4Cl)c(=O)c3C2C)c1. The number of benzene rings is 2. The molecule has 0 spiro atoms. The molecule has 2 heterocycles. The van der Waals surface area contributed by atoms with Crippen LogP contribution in [-0.4, -0.2) is 21.6 Å². The van der Waals surface area contributed by atoms with Crippen LogP contribution < -0.4 is 15.8 Å². The number of H-pyrrole nitrogens is 1. The van der Waals surface area contributed by atoms with Gasteiger partial charge in [-0.1, -0.05) is 35.3 Å². The summed E-state index contributed by atoms with van der Waals surface area (Å²) in [6, 6.07) is 11.5. The van der Waals surface area contributed by atoms with Crippen LogP contribution in [0.15, 0.2) is 47.3 Å². The standard InChI is InChI=1S/C21H18Cl2N4O3/c1-11-19-16(25-27(21(19)30)17-8-4-7-15(22)20(17)23)10-18(29)26(11)14-6-3-5-13(9-14)24-12(2)28/h3-9,11,25H,10H2,1-2H3,(H,24,28). The van der Waals surface area contributed by atoms with Gasteiger partial charge in [-0.3, -0.25) is 19.5 Å². The van der Waals surface area contributed by atoms with Crippen LogP contribution in [0.25, 0.3) is 5.69 Å². The highest BCUT2D eigenvalue weighted by Crippen LogP contribution is 2.34. The fraction of sp³-hybridized carbons (Fsp3) is 0.190. The van der Waals surface area contributed by atoms with Gasteiger partial charge < -0.3 is 10.2 Å². The Morgan fingerprint density at radius 3 is 2.63 bits per heavy atom. The maximum absolute atomic E-state index is 13.2. The fourth-order valence-electron chi connectivity index (χ4n) is 3.78. The summed E-state index contributed by atoms with van der Waals surface area (Å²) in [5.41, 5.74) is 2.32. The van der Waals surface area contributed by atoms with Crippen LogP contribution in [0.5, 0.6) is 0 Å². The molecular formula is C21H18Cl2N4O3. The second-order valence-corrected chi connectivity index (χ2v) is 7.85. The van der Waals surface area contributed by atoms with E-state index in [2.05, 4.69) is 10.4 Å². The summed E-state index contributed by atoms with van der Waals surface area (Å²) in [5, 5.41) is 6.30. The Kier molecular flexibility index (Phi) is 5.17. The number of fused-ring (bicyclic) bond motifs is 1. The average molecular weight is 445 g/mol. The first kappa shape index (κ1) is 20.3. The number of hydrogen-bond donors (Lipinski definition) is 2. The number of rotatable bonds is 3. The highest BCUT2D eigenvalue weighted by molar-refractivity contribution is 6.43. The van der Waals surface area contributed by atoms with Gasteiger partial charge >= 0.3 is 0 Å². The third-order valence-electron chi connectivity index (χ3n) is 5.02. The Balaban J connectivity index is 1.78. The Bertz CT molecular complexity index is 1230. The second-order valence-electron chi connectivity index (χ2n) is 7.07. The molecule has 3 aromatic rings. The third-order valence-corrected chi connectivity index (χ3v) is 5.83. The summed E-state index contributed by atoms with van der Waals surface area (Å²) in [7, 11) is 0. The molecule has 2 aromatic carbocycles. The van der Waals surface area contributed by atoms with E-state index in [1.807, 2.05) is 0 Å². The molecule has 30 heavy (non-hydrogen) atoms. The van der Waals surface area contributed by atoms with E-state index in [0.717, 1.165) is 0 Å². The maximum Gasteiger partial charge on any atom is 0.276 e. The van der Waals surface area contributed by atoms with E-state index in [-0.39, 0.29) is 28.8 Å². The molecule has 0 radical (unpaired) electrons. The van der Waals surface area contributed by atoms with Gasteiger partial charge in [0.05, 0.1) is 39.5 Å². The number of nitrogens with one attached hydrogen (secondary N) is 2. The molecule has 1 atom stereocenters. The number of halogens is 2. The van der Waals surface area contributed by atoms with E-state index < -0.39 is 6.04 Å².